The maximum Gasteiger partial charge on any atom is 4.00 e. The van der Waals surface area contributed by atoms with E-state index in [1.165, 1.54) is 128 Å². The van der Waals surface area contributed by atoms with Crippen LogP contribution in [0.5, 0.6) is 0 Å². The van der Waals surface area contributed by atoms with E-state index >= 15 is 0 Å². The molecule has 248 valence electrons. The van der Waals surface area contributed by atoms with Crippen molar-refractivity contribution >= 4 is 11.7 Å². The third-order valence-corrected chi connectivity index (χ3v) is 8.67. The van der Waals surface area contributed by atoms with Crippen LogP contribution in [0.4, 0.5) is 0 Å². The van der Waals surface area contributed by atoms with Crippen molar-refractivity contribution in [1.29, 1.82) is 0 Å². The van der Waals surface area contributed by atoms with Gasteiger partial charge in [0.25, 0.3) is 0 Å². The quantitative estimate of drug-likeness (QED) is 0.181. The van der Waals surface area contributed by atoms with Gasteiger partial charge >= 0.3 is 26.2 Å². The molecule has 7 heteroatoms. The summed E-state index contributed by atoms with van der Waals surface area (Å²) in [5.41, 5.74) is 0. The normalized spacial score (nSPS) is 21.1. The Morgan fingerprint density at radius 3 is 0.930 bits per heavy atom. The molecule has 43 heavy (non-hydrogen) atoms. The third-order valence-electron chi connectivity index (χ3n) is 8.67. The van der Waals surface area contributed by atoms with E-state index in [1.54, 1.807) is 0 Å². The van der Waals surface area contributed by atoms with E-state index in [4.69, 9.17) is 20.6 Å². The van der Waals surface area contributed by atoms with Gasteiger partial charge in [-0.2, -0.15) is 26.2 Å². The zero-order valence-electron chi connectivity index (χ0n) is 29.5. The molecule has 0 aromatic rings. The maximum absolute atomic E-state index is 4.78. The number of aliphatic imine (C=N–C) groups is 2. The summed E-state index contributed by atoms with van der Waals surface area (Å²) < 4.78 is 0. The van der Waals surface area contributed by atoms with Crippen molar-refractivity contribution in [3.63, 3.8) is 0 Å². The van der Waals surface area contributed by atoms with Gasteiger partial charge in [-0.1, -0.05) is 168 Å². The van der Waals surface area contributed by atoms with Gasteiger partial charge < -0.3 is 31.3 Å². The first-order chi connectivity index (χ1) is 20.5. The van der Waals surface area contributed by atoms with Crippen LogP contribution in [0.2, 0.25) is 0 Å². The number of rotatable bonds is 8. The Hall–Kier alpha value is -0.257. The maximum atomic E-state index is 4.78. The molecular formula is C36H70N6Zr. The first-order valence-corrected chi connectivity index (χ1v) is 18.3. The predicted octanol–water partition coefficient (Wildman–Crippen LogP) is 11.7. The zero-order chi connectivity index (χ0) is 30.7. The minimum atomic E-state index is 0. The Labute approximate surface area is 288 Å². The minimum absolute atomic E-state index is 0. The fraction of sp³-hybridized carbons (Fsp3) is 0.944. The van der Waals surface area contributed by atoms with Crippen molar-refractivity contribution in [3.05, 3.63) is 21.3 Å². The van der Waals surface area contributed by atoms with Crippen LogP contribution in [0, 0.1) is 0 Å². The van der Waals surface area contributed by atoms with Gasteiger partial charge in [-0.15, -0.1) is 0 Å². The average Bonchev–Trinajstić information content (AvgIpc) is 3.01. The molecule has 4 rings (SSSR count). The van der Waals surface area contributed by atoms with Crippen LogP contribution in [0.15, 0.2) is 9.98 Å². The van der Waals surface area contributed by atoms with Gasteiger partial charge in [0.05, 0.1) is 0 Å². The standard InChI is InChI=1S/2C14H25N2.2C4H10N.Zr/c2*1-12(15-13-8-4-2-5-9-13)16-14-10-6-3-7-11-14;2*1-3-5-4-2;/h2*13-14H,2-11H2,1H3;2*3-4H2,1-2H3;/q4*-1;+4. The molecule has 0 atom stereocenters. The van der Waals surface area contributed by atoms with Crippen molar-refractivity contribution in [2.75, 3.05) is 26.2 Å². The molecule has 4 fully saturated rings. The van der Waals surface area contributed by atoms with E-state index in [-0.39, 0.29) is 26.2 Å². The van der Waals surface area contributed by atoms with Gasteiger partial charge in [0.15, 0.2) is 0 Å². The molecule has 0 aromatic heterocycles. The van der Waals surface area contributed by atoms with Crippen molar-refractivity contribution < 1.29 is 26.2 Å². The van der Waals surface area contributed by atoms with Gasteiger partial charge in [0.2, 0.25) is 0 Å². The molecule has 0 aliphatic heterocycles. The third kappa shape index (κ3) is 24.6. The Kier molecular flexibility index (Phi) is 30.2. The predicted molar refractivity (Wildman–Crippen MR) is 189 cm³/mol. The summed E-state index contributed by atoms with van der Waals surface area (Å²) >= 11 is 0. The Bertz CT molecular complexity index is 586. The summed E-state index contributed by atoms with van der Waals surface area (Å²) in [5, 5.41) is 17.5. The number of hydrogen-bond donors (Lipinski definition) is 0. The van der Waals surface area contributed by atoms with E-state index in [1.807, 2.05) is 27.7 Å². The van der Waals surface area contributed by atoms with Crippen molar-refractivity contribution in [2.45, 2.75) is 194 Å². The van der Waals surface area contributed by atoms with E-state index in [2.05, 4.69) is 24.5 Å². The van der Waals surface area contributed by atoms with Crippen molar-refractivity contribution in [1.82, 2.24) is 0 Å². The first kappa shape index (κ1) is 42.7. The second-order valence-corrected chi connectivity index (χ2v) is 12.5. The Morgan fingerprint density at radius 1 is 0.442 bits per heavy atom. The molecule has 4 saturated carbocycles. The summed E-state index contributed by atoms with van der Waals surface area (Å²) in [7, 11) is 0. The minimum Gasteiger partial charge on any atom is -0.663 e. The van der Waals surface area contributed by atoms with Gasteiger partial charge in [0.1, 0.15) is 0 Å². The Morgan fingerprint density at radius 2 is 0.698 bits per heavy atom. The van der Waals surface area contributed by atoms with Crippen LogP contribution < -0.4 is 0 Å². The summed E-state index contributed by atoms with van der Waals surface area (Å²) in [6.07, 6.45) is 26.9. The van der Waals surface area contributed by atoms with Gasteiger partial charge in [-0.25, -0.2) is 0 Å². The summed E-state index contributed by atoms with van der Waals surface area (Å²) in [4.78, 5) is 9.56. The van der Waals surface area contributed by atoms with Crippen LogP contribution in [0.25, 0.3) is 21.3 Å². The second-order valence-electron chi connectivity index (χ2n) is 12.5. The zero-order valence-corrected chi connectivity index (χ0v) is 31.9. The molecule has 0 heterocycles. The molecule has 6 nitrogen and oxygen atoms in total. The van der Waals surface area contributed by atoms with E-state index in [0.29, 0.717) is 24.2 Å². The molecule has 0 spiro atoms. The number of nitrogens with zero attached hydrogens (tertiary/aromatic N) is 6. The van der Waals surface area contributed by atoms with E-state index < -0.39 is 0 Å². The van der Waals surface area contributed by atoms with Crippen LogP contribution in [-0.4, -0.2) is 62.0 Å². The molecule has 0 amide bonds. The van der Waals surface area contributed by atoms with Crippen LogP contribution in [0.3, 0.4) is 0 Å². The van der Waals surface area contributed by atoms with E-state index in [9.17, 15) is 0 Å². The molecule has 0 N–H and O–H groups in total. The van der Waals surface area contributed by atoms with Gasteiger partial charge in [0, 0.05) is 0 Å². The largest absolute Gasteiger partial charge is 4.00 e. The van der Waals surface area contributed by atoms with Crippen molar-refractivity contribution in [2.24, 2.45) is 9.98 Å². The van der Waals surface area contributed by atoms with Crippen LogP contribution in [-0.2, 0) is 26.2 Å². The number of hydrogen-bond acceptors (Lipinski definition) is 2. The topological polar surface area (TPSA) is 81.1 Å². The summed E-state index contributed by atoms with van der Waals surface area (Å²) in [6, 6.07) is 2.34. The molecule has 4 aliphatic carbocycles. The molecule has 0 unspecified atom stereocenters. The molecule has 0 bridgehead atoms. The Balaban J connectivity index is 0.000000617. The molecular weight excluding hydrogens is 608 g/mol. The summed E-state index contributed by atoms with van der Waals surface area (Å²) in [5.74, 6) is 2.14. The average molecular weight is 678 g/mol. The van der Waals surface area contributed by atoms with E-state index in [0.717, 1.165) is 37.9 Å². The fourth-order valence-corrected chi connectivity index (χ4v) is 6.41. The fourth-order valence-electron chi connectivity index (χ4n) is 6.41. The SMILES string of the molecule is CC(=NC1CCCCC1)[N-]C1CCCCC1.CC(=NC1CCCCC1)[N-]C1CCCCC1.CC[N-]CC.CC[N-]CC.[Zr+4]. The van der Waals surface area contributed by atoms with Crippen LogP contribution >= 0.6 is 0 Å². The molecule has 0 radical (unpaired) electrons. The first-order valence-electron chi connectivity index (χ1n) is 18.3. The molecule has 0 aromatic carbocycles. The molecule has 0 saturated heterocycles. The number of amidine groups is 2. The van der Waals surface area contributed by atoms with Crippen molar-refractivity contribution in [3.8, 4) is 0 Å². The summed E-state index contributed by atoms with van der Waals surface area (Å²) in [6.45, 7) is 16.3. The van der Waals surface area contributed by atoms with Gasteiger partial charge in [-0.05, 0) is 38.0 Å². The smallest absolute Gasteiger partial charge is 0.663 e. The monoisotopic (exact) mass is 676 g/mol. The van der Waals surface area contributed by atoms with Gasteiger partial charge in [-0.3, -0.25) is 0 Å². The molecule has 4 aliphatic rings. The second kappa shape index (κ2) is 30.4. The van der Waals surface area contributed by atoms with Crippen LogP contribution in [0.1, 0.15) is 170 Å².